The highest BCUT2D eigenvalue weighted by Crippen LogP contribution is 2.29. The first-order valence-corrected chi connectivity index (χ1v) is 10.2. The minimum Gasteiger partial charge on any atom is -0.447 e. The first-order chi connectivity index (χ1) is 14.3. The second-order valence-electron chi connectivity index (χ2n) is 7.81. The molecule has 30 heavy (non-hydrogen) atoms. The summed E-state index contributed by atoms with van der Waals surface area (Å²) >= 11 is 6.09. The Bertz CT molecular complexity index is 1160. The summed E-state index contributed by atoms with van der Waals surface area (Å²) < 4.78 is 5.24. The summed E-state index contributed by atoms with van der Waals surface area (Å²) in [5.41, 5.74) is 1.83. The van der Waals surface area contributed by atoms with E-state index in [9.17, 15) is 9.59 Å². The molecule has 0 bridgehead atoms. The molecule has 1 amide bonds. The predicted octanol–water partition coefficient (Wildman–Crippen LogP) is 4.73. The molecule has 1 aliphatic heterocycles. The fourth-order valence-corrected chi connectivity index (χ4v) is 3.87. The lowest BCUT2D eigenvalue weighted by Crippen LogP contribution is -2.37. The number of aromatic amines is 1. The maximum absolute atomic E-state index is 12.6. The highest BCUT2D eigenvalue weighted by molar-refractivity contribution is 6.31. The van der Waals surface area contributed by atoms with Crippen LogP contribution in [-0.2, 0) is 4.74 Å². The zero-order chi connectivity index (χ0) is 21.4. The lowest BCUT2D eigenvalue weighted by atomic mass is 10.0. The van der Waals surface area contributed by atoms with Crippen molar-refractivity contribution in [2.75, 3.05) is 16.8 Å². The van der Waals surface area contributed by atoms with Crippen molar-refractivity contribution in [3.63, 3.8) is 0 Å². The van der Waals surface area contributed by atoms with Crippen molar-refractivity contribution < 1.29 is 9.53 Å². The van der Waals surface area contributed by atoms with E-state index in [0.717, 1.165) is 10.9 Å². The third-order valence-corrected chi connectivity index (χ3v) is 5.60. The molecule has 2 aromatic heterocycles. The summed E-state index contributed by atoms with van der Waals surface area (Å²) in [7, 11) is 0. The number of H-pyrrole nitrogens is 1. The van der Waals surface area contributed by atoms with Gasteiger partial charge in [-0.15, -0.1) is 0 Å². The molecule has 3 aromatic rings. The number of fused-ring (bicyclic) bond motifs is 1. The Labute approximate surface area is 179 Å². The zero-order valence-corrected chi connectivity index (χ0v) is 17.7. The summed E-state index contributed by atoms with van der Waals surface area (Å²) in [4.78, 5) is 33.7. The lowest BCUT2D eigenvalue weighted by molar-refractivity contribution is 0.177. The van der Waals surface area contributed by atoms with E-state index in [2.05, 4.69) is 29.1 Å². The van der Waals surface area contributed by atoms with Crippen LogP contribution in [-0.4, -0.2) is 28.7 Å². The van der Waals surface area contributed by atoms with Gasteiger partial charge in [0.05, 0.1) is 17.8 Å². The fourth-order valence-electron chi connectivity index (χ4n) is 3.69. The molecule has 2 unspecified atom stereocenters. The Balaban J connectivity index is 1.61. The number of nitrogens with one attached hydrogen (secondary N) is 2. The van der Waals surface area contributed by atoms with Crippen LogP contribution in [0.3, 0.4) is 0 Å². The van der Waals surface area contributed by atoms with Gasteiger partial charge >= 0.3 is 6.09 Å². The maximum atomic E-state index is 12.6. The van der Waals surface area contributed by atoms with Crippen molar-refractivity contribution >= 4 is 40.1 Å². The zero-order valence-electron chi connectivity index (χ0n) is 17.0. The molecule has 2 atom stereocenters. The van der Waals surface area contributed by atoms with Gasteiger partial charge in [-0.2, -0.15) is 0 Å². The average molecular weight is 427 g/mol. The van der Waals surface area contributed by atoms with E-state index in [1.165, 1.54) is 0 Å². The van der Waals surface area contributed by atoms with Crippen molar-refractivity contribution in [1.82, 2.24) is 9.97 Å². The molecular formula is C22H23ClN4O3. The van der Waals surface area contributed by atoms with Crippen LogP contribution < -0.4 is 15.8 Å². The van der Waals surface area contributed by atoms with Gasteiger partial charge in [0.15, 0.2) is 0 Å². The first kappa shape index (κ1) is 20.2. The number of carbonyl (C=O) groups excluding carboxylic acids is 1. The number of anilines is 2. The number of halogens is 1. The number of cyclic esters (lactones) is 1. The van der Waals surface area contributed by atoms with Crippen molar-refractivity contribution in [1.29, 1.82) is 0 Å². The smallest absolute Gasteiger partial charge is 0.414 e. The summed E-state index contributed by atoms with van der Waals surface area (Å²) in [6.07, 6.45) is 1.28. The Morgan fingerprint density at radius 2 is 2.00 bits per heavy atom. The monoisotopic (exact) mass is 426 g/mol. The van der Waals surface area contributed by atoms with Crippen LogP contribution in [0.25, 0.3) is 10.9 Å². The van der Waals surface area contributed by atoms with Crippen LogP contribution in [0.15, 0.2) is 47.4 Å². The van der Waals surface area contributed by atoms with Gasteiger partial charge in [0, 0.05) is 33.8 Å². The van der Waals surface area contributed by atoms with Crippen molar-refractivity contribution in [2.24, 2.45) is 5.92 Å². The van der Waals surface area contributed by atoms with Crippen LogP contribution in [0.5, 0.6) is 0 Å². The largest absolute Gasteiger partial charge is 0.447 e. The van der Waals surface area contributed by atoms with Crippen LogP contribution in [0.2, 0.25) is 5.02 Å². The number of pyridine rings is 2. The number of benzene rings is 1. The van der Waals surface area contributed by atoms with Gasteiger partial charge in [-0.05, 0) is 43.2 Å². The molecule has 7 nitrogen and oxygen atoms in total. The number of carbonyl (C=O) groups is 1. The second-order valence-corrected chi connectivity index (χ2v) is 8.25. The fraction of sp³-hybridized carbons (Fsp3) is 0.318. The van der Waals surface area contributed by atoms with Crippen molar-refractivity contribution in [2.45, 2.75) is 32.9 Å². The van der Waals surface area contributed by atoms with Crippen LogP contribution in [0, 0.1) is 5.92 Å². The molecule has 0 radical (unpaired) electrons. The number of rotatable bonds is 5. The molecule has 156 valence electrons. The van der Waals surface area contributed by atoms with Gasteiger partial charge in [0.2, 0.25) is 0 Å². The minimum atomic E-state index is -0.359. The van der Waals surface area contributed by atoms with Crippen LogP contribution in [0.1, 0.15) is 32.4 Å². The van der Waals surface area contributed by atoms with Crippen LogP contribution >= 0.6 is 11.6 Å². The molecular weight excluding hydrogens is 404 g/mol. The highest BCUT2D eigenvalue weighted by Gasteiger charge is 2.36. The molecule has 4 rings (SSSR count). The molecule has 1 fully saturated rings. The molecule has 3 heterocycles. The molecule has 0 spiro atoms. The summed E-state index contributed by atoms with van der Waals surface area (Å²) in [6.45, 7) is 6.37. The van der Waals surface area contributed by atoms with E-state index in [-0.39, 0.29) is 29.7 Å². The van der Waals surface area contributed by atoms with E-state index in [1.807, 2.05) is 19.1 Å². The SMILES string of the molecule is CC(Nc1cc(N2C(=O)OCC2C(C)C)ccn1)c1cc2cc(Cl)ccc2[nH]c1=O. The third-order valence-electron chi connectivity index (χ3n) is 5.36. The first-order valence-electron chi connectivity index (χ1n) is 9.84. The molecule has 2 N–H and O–H groups in total. The minimum absolute atomic E-state index is 0.0294. The van der Waals surface area contributed by atoms with Gasteiger partial charge in [-0.25, -0.2) is 9.78 Å². The average Bonchev–Trinajstić information content (AvgIpc) is 3.09. The topological polar surface area (TPSA) is 87.3 Å². The Morgan fingerprint density at radius 1 is 1.20 bits per heavy atom. The summed E-state index contributed by atoms with van der Waals surface area (Å²) in [6, 6.07) is 10.4. The molecule has 1 aliphatic rings. The molecule has 8 heteroatoms. The Hall–Kier alpha value is -3.06. The maximum Gasteiger partial charge on any atom is 0.414 e. The van der Waals surface area contributed by atoms with Gasteiger partial charge in [-0.3, -0.25) is 9.69 Å². The number of nitrogens with zero attached hydrogens (tertiary/aromatic N) is 2. The normalized spacial score (nSPS) is 17.4. The van der Waals surface area contributed by atoms with E-state index in [4.69, 9.17) is 16.3 Å². The summed E-state index contributed by atoms with van der Waals surface area (Å²) in [5.74, 6) is 0.815. The van der Waals surface area contributed by atoms with Crippen molar-refractivity contribution in [3.05, 3.63) is 63.5 Å². The number of amides is 1. The quantitative estimate of drug-likeness (QED) is 0.615. The summed E-state index contributed by atoms with van der Waals surface area (Å²) in [5, 5.41) is 4.72. The standard InChI is InChI=1S/C22H23ClN4O3/c1-12(2)19-11-30-22(29)27(19)16-6-7-24-20(10-16)25-13(3)17-9-14-8-15(23)4-5-18(14)26-21(17)28/h4-10,12-13,19H,11H2,1-3H3,(H,24,25)(H,26,28). The molecule has 1 saturated heterocycles. The number of hydrogen-bond donors (Lipinski definition) is 2. The predicted molar refractivity (Wildman–Crippen MR) is 118 cm³/mol. The van der Waals surface area contributed by atoms with Gasteiger partial charge in [0.1, 0.15) is 12.4 Å². The molecule has 0 aliphatic carbocycles. The van der Waals surface area contributed by atoms with Gasteiger partial charge in [0.25, 0.3) is 5.56 Å². The molecule has 0 saturated carbocycles. The van der Waals surface area contributed by atoms with Crippen molar-refractivity contribution in [3.8, 4) is 0 Å². The van der Waals surface area contributed by atoms with E-state index < -0.39 is 0 Å². The highest BCUT2D eigenvalue weighted by atomic mass is 35.5. The third kappa shape index (κ3) is 3.85. The van der Waals surface area contributed by atoms with E-state index in [1.54, 1.807) is 35.4 Å². The second kappa shape index (κ2) is 7.99. The Kier molecular flexibility index (Phi) is 5.39. The lowest BCUT2D eigenvalue weighted by Gasteiger charge is -2.25. The number of hydrogen-bond acceptors (Lipinski definition) is 5. The number of ether oxygens (including phenoxy) is 1. The van der Waals surface area contributed by atoms with E-state index in [0.29, 0.717) is 28.7 Å². The van der Waals surface area contributed by atoms with Crippen LogP contribution in [0.4, 0.5) is 16.3 Å². The Morgan fingerprint density at radius 3 is 2.77 bits per heavy atom. The van der Waals surface area contributed by atoms with E-state index >= 15 is 0 Å². The van der Waals surface area contributed by atoms with Gasteiger partial charge in [-0.1, -0.05) is 25.4 Å². The molecule has 1 aromatic carbocycles. The van der Waals surface area contributed by atoms with Gasteiger partial charge < -0.3 is 15.0 Å². The number of aromatic nitrogens is 2.